The molecule has 0 bridgehead atoms. The quantitative estimate of drug-likeness (QED) is 0.738. The van der Waals surface area contributed by atoms with E-state index in [1.54, 1.807) is 0 Å². The predicted molar refractivity (Wildman–Crippen MR) is 75.5 cm³/mol. The molecule has 106 valence electrons. The Morgan fingerprint density at radius 1 is 1.47 bits per heavy atom. The van der Waals surface area contributed by atoms with E-state index in [1.807, 2.05) is 6.92 Å². The van der Waals surface area contributed by atoms with Gasteiger partial charge in [-0.2, -0.15) is 0 Å². The standard InChI is InChI=1S/C14H22FN3O/c1-9(2)7-14(3,8-16)18-12-5-4-10(13(17)19)6-11(12)15/h4-6,9,18H,7-8,16H2,1-3H3,(H2,17,19). The van der Waals surface area contributed by atoms with Crippen LogP contribution in [-0.4, -0.2) is 18.0 Å². The number of rotatable bonds is 6. The Bertz CT molecular complexity index is 462. The zero-order chi connectivity index (χ0) is 14.6. The van der Waals surface area contributed by atoms with Crippen molar-refractivity contribution in [3.63, 3.8) is 0 Å². The lowest BCUT2D eigenvalue weighted by molar-refractivity contribution is 0.1000. The molecule has 0 fully saturated rings. The second kappa shape index (κ2) is 6.02. The fraction of sp³-hybridized carbons (Fsp3) is 0.500. The van der Waals surface area contributed by atoms with E-state index in [1.165, 1.54) is 12.1 Å². The lowest BCUT2D eigenvalue weighted by atomic mass is 9.90. The lowest BCUT2D eigenvalue weighted by Crippen LogP contribution is -2.43. The highest BCUT2D eigenvalue weighted by molar-refractivity contribution is 5.93. The Balaban J connectivity index is 2.95. The number of carbonyl (C=O) groups excluding carboxylic acids is 1. The zero-order valence-electron chi connectivity index (χ0n) is 11.7. The molecule has 0 saturated heterocycles. The fourth-order valence-electron chi connectivity index (χ4n) is 2.18. The first kappa shape index (κ1) is 15.4. The van der Waals surface area contributed by atoms with Gasteiger partial charge < -0.3 is 16.8 Å². The molecule has 0 spiro atoms. The normalized spacial score (nSPS) is 14.2. The minimum atomic E-state index is -0.644. The van der Waals surface area contributed by atoms with Crippen molar-refractivity contribution in [3.8, 4) is 0 Å². The molecule has 4 nitrogen and oxygen atoms in total. The highest BCUT2D eigenvalue weighted by Crippen LogP contribution is 2.24. The molecule has 0 aliphatic carbocycles. The molecule has 1 aromatic rings. The molecule has 19 heavy (non-hydrogen) atoms. The Hall–Kier alpha value is -1.62. The van der Waals surface area contributed by atoms with Gasteiger partial charge in [0.25, 0.3) is 0 Å². The van der Waals surface area contributed by atoms with Gasteiger partial charge in [-0.3, -0.25) is 4.79 Å². The molecular weight excluding hydrogens is 245 g/mol. The lowest BCUT2D eigenvalue weighted by Gasteiger charge is -2.32. The summed E-state index contributed by atoms with van der Waals surface area (Å²) in [6, 6.07) is 4.15. The number of nitrogens with one attached hydrogen (secondary N) is 1. The van der Waals surface area contributed by atoms with E-state index in [-0.39, 0.29) is 11.1 Å². The minimum absolute atomic E-state index is 0.154. The molecule has 0 heterocycles. The molecule has 1 unspecified atom stereocenters. The van der Waals surface area contributed by atoms with Gasteiger partial charge in [0.05, 0.1) is 5.69 Å². The highest BCUT2D eigenvalue weighted by atomic mass is 19.1. The Labute approximate surface area is 113 Å². The number of hydrogen-bond donors (Lipinski definition) is 3. The monoisotopic (exact) mass is 267 g/mol. The van der Waals surface area contributed by atoms with Gasteiger partial charge in [-0.25, -0.2) is 4.39 Å². The first-order chi connectivity index (χ1) is 8.77. The molecule has 1 aromatic carbocycles. The van der Waals surface area contributed by atoms with Gasteiger partial charge in [0.2, 0.25) is 5.91 Å². The summed E-state index contributed by atoms with van der Waals surface area (Å²) in [6.45, 7) is 6.51. The third-order valence-corrected chi connectivity index (χ3v) is 3.00. The Morgan fingerprint density at radius 3 is 2.53 bits per heavy atom. The van der Waals surface area contributed by atoms with Gasteiger partial charge in [0.15, 0.2) is 0 Å². The van der Waals surface area contributed by atoms with Crippen molar-refractivity contribution < 1.29 is 9.18 Å². The number of halogens is 1. The molecule has 0 aliphatic rings. The van der Waals surface area contributed by atoms with Crippen molar-refractivity contribution in [3.05, 3.63) is 29.6 Å². The largest absolute Gasteiger partial charge is 0.376 e. The van der Waals surface area contributed by atoms with Crippen molar-refractivity contribution in [1.82, 2.24) is 0 Å². The number of nitrogens with two attached hydrogens (primary N) is 2. The van der Waals surface area contributed by atoms with Crippen LogP contribution in [0.5, 0.6) is 0 Å². The van der Waals surface area contributed by atoms with Crippen molar-refractivity contribution in [2.45, 2.75) is 32.7 Å². The zero-order valence-corrected chi connectivity index (χ0v) is 11.7. The Morgan fingerprint density at radius 2 is 2.11 bits per heavy atom. The van der Waals surface area contributed by atoms with Crippen LogP contribution in [0.15, 0.2) is 18.2 Å². The summed E-state index contributed by atoms with van der Waals surface area (Å²) >= 11 is 0. The third-order valence-electron chi connectivity index (χ3n) is 3.00. The molecule has 5 heteroatoms. The van der Waals surface area contributed by atoms with E-state index < -0.39 is 11.7 Å². The smallest absolute Gasteiger partial charge is 0.248 e. The molecule has 0 saturated carbocycles. The third kappa shape index (κ3) is 4.21. The first-order valence-electron chi connectivity index (χ1n) is 6.35. The van der Waals surface area contributed by atoms with Gasteiger partial charge in [0, 0.05) is 17.6 Å². The molecule has 0 radical (unpaired) electrons. The number of anilines is 1. The second-order valence-corrected chi connectivity index (χ2v) is 5.55. The summed E-state index contributed by atoms with van der Waals surface area (Å²) in [5.74, 6) is -0.706. The van der Waals surface area contributed by atoms with E-state index in [0.29, 0.717) is 18.2 Å². The maximum absolute atomic E-state index is 13.9. The van der Waals surface area contributed by atoms with Crippen LogP contribution in [0.3, 0.4) is 0 Å². The Kier molecular flexibility index (Phi) is 4.89. The molecular formula is C14H22FN3O. The van der Waals surface area contributed by atoms with E-state index in [9.17, 15) is 9.18 Å². The summed E-state index contributed by atoms with van der Waals surface area (Å²) in [5, 5.41) is 3.12. The molecule has 0 aliphatic heterocycles. The van der Waals surface area contributed by atoms with E-state index in [0.717, 1.165) is 12.5 Å². The number of benzene rings is 1. The van der Waals surface area contributed by atoms with Crippen LogP contribution >= 0.6 is 0 Å². The molecule has 5 N–H and O–H groups in total. The fourth-order valence-corrected chi connectivity index (χ4v) is 2.18. The topological polar surface area (TPSA) is 81.1 Å². The van der Waals surface area contributed by atoms with E-state index in [2.05, 4.69) is 19.2 Å². The number of amides is 1. The molecule has 0 aromatic heterocycles. The average molecular weight is 267 g/mol. The van der Waals surface area contributed by atoms with Gasteiger partial charge >= 0.3 is 0 Å². The summed E-state index contributed by atoms with van der Waals surface area (Å²) in [4.78, 5) is 11.0. The number of hydrogen-bond acceptors (Lipinski definition) is 3. The SMILES string of the molecule is CC(C)CC(C)(CN)Nc1ccc(C(N)=O)cc1F. The van der Waals surface area contributed by atoms with Crippen LogP contribution in [0.4, 0.5) is 10.1 Å². The first-order valence-corrected chi connectivity index (χ1v) is 6.35. The average Bonchev–Trinajstić information content (AvgIpc) is 2.30. The van der Waals surface area contributed by atoms with Gasteiger partial charge in [0.1, 0.15) is 5.82 Å². The van der Waals surface area contributed by atoms with Crippen LogP contribution in [0.1, 0.15) is 37.6 Å². The van der Waals surface area contributed by atoms with Crippen molar-refractivity contribution >= 4 is 11.6 Å². The summed E-state index contributed by atoms with van der Waals surface area (Å²) in [6.07, 6.45) is 0.820. The summed E-state index contributed by atoms with van der Waals surface area (Å²) < 4.78 is 13.9. The highest BCUT2D eigenvalue weighted by Gasteiger charge is 2.24. The minimum Gasteiger partial charge on any atom is -0.376 e. The maximum Gasteiger partial charge on any atom is 0.248 e. The van der Waals surface area contributed by atoms with Crippen molar-refractivity contribution in [1.29, 1.82) is 0 Å². The van der Waals surface area contributed by atoms with E-state index >= 15 is 0 Å². The molecule has 1 atom stereocenters. The van der Waals surface area contributed by atoms with Crippen LogP contribution in [0.25, 0.3) is 0 Å². The second-order valence-electron chi connectivity index (χ2n) is 5.55. The van der Waals surface area contributed by atoms with Gasteiger partial charge in [-0.15, -0.1) is 0 Å². The van der Waals surface area contributed by atoms with Gasteiger partial charge in [-0.05, 0) is 37.5 Å². The van der Waals surface area contributed by atoms with Crippen LogP contribution in [-0.2, 0) is 0 Å². The van der Waals surface area contributed by atoms with E-state index in [4.69, 9.17) is 11.5 Å². The molecule has 1 amide bonds. The summed E-state index contributed by atoms with van der Waals surface area (Å²) in [5.41, 5.74) is 11.0. The summed E-state index contributed by atoms with van der Waals surface area (Å²) in [7, 11) is 0. The van der Waals surface area contributed by atoms with Crippen LogP contribution in [0, 0.1) is 11.7 Å². The van der Waals surface area contributed by atoms with Crippen LogP contribution in [0.2, 0.25) is 0 Å². The number of carbonyl (C=O) groups is 1. The van der Waals surface area contributed by atoms with Crippen molar-refractivity contribution in [2.24, 2.45) is 17.4 Å². The predicted octanol–water partition coefficient (Wildman–Crippen LogP) is 2.10. The van der Waals surface area contributed by atoms with Crippen LogP contribution < -0.4 is 16.8 Å². The maximum atomic E-state index is 13.9. The van der Waals surface area contributed by atoms with Gasteiger partial charge in [-0.1, -0.05) is 13.8 Å². The molecule has 1 rings (SSSR count). The van der Waals surface area contributed by atoms with Crippen molar-refractivity contribution in [2.75, 3.05) is 11.9 Å². The number of primary amides is 1.